The van der Waals surface area contributed by atoms with Gasteiger partial charge in [0.25, 0.3) is 0 Å². The van der Waals surface area contributed by atoms with Crippen LogP contribution in [0.25, 0.3) is 0 Å². The minimum absolute atomic E-state index is 0.274. The van der Waals surface area contributed by atoms with Crippen molar-refractivity contribution in [3.8, 4) is 0 Å². The number of hydrogen-bond acceptors (Lipinski definition) is 4. The van der Waals surface area contributed by atoms with Crippen LogP contribution < -0.4 is 11.3 Å². The molecule has 0 heterocycles. The number of rotatable bonds is 9. The van der Waals surface area contributed by atoms with E-state index in [-0.39, 0.29) is 17.8 Å². The van der Waals surface area contributed by atoms with Gasteiger partial charge in [0, 0.05) is 0 Å². The summed E-state index contributed by atoms with van der Waals surface area (Å²) >= 11 is 0. The van der Waals surface area contributed by atoms with E-state index in [1.54, 1.807) is 0 Å². The van der Waals surface area contributed by atoms with E-state index in [1.807, 2.05) is 52.8 Å². The summed E-state index contributed by atoms with van der Waals surface area (Å²) in [6.45, 7) is 9.59. The highest BCUT2D eigenvalue weighted by molar-refractivity contribution is 5.85. The highest BCUT2D eigenvalue weighted by atomic mass is 16.6. The second-order valence-corrected chi connectivity index (χ2v) is 8.26. The number of esters is 1. The van der Waals surface area contributed by atoms with Crippen LogP contribution in [0.1, 0.15) is 59.4 Å². The van der Waals surface area contributed by atoms with E-state index in [0.717, 1.165) is 12.8 Å². The molecule has 0 radical (unpaired) electrons. The monoisotopic (exact) mass is 362 g/mol. The third-order valence-corrected chi connectivity index (χ3v) is 4.22. The van der Waals surface area contributed by atoms with Crippen LogP contribution in [-0.2, 0) is 20.7 Å². The smallest absolute Gasteiger partial charge is 0.310 e. The van der Waals surface area contributed by atoms with E-state index in [0.29, 0.717) is 12.8 Å². The molecule has 1 aromatic rings. The van der Waals surface area contributed by atoms with Gasteiger partial charge >= 0.3 is 5.97 Å². The van der Waals surface area contributed by atoms with Gasteiger partial charge in [-0.2, -0.15) is 0 Å². The van der Waals surface area contributed by atoms with Gasteiger partial charge in [0.15, 0.2) is 0 Å². The highest BCUT2D eigenvalue weighted by Gasteiger charge is 2.36. The zero-order valence-corrected chi connectivity index (χ0v) is 16.7. The van der Waals surface area contributed by atoms with E-state index < -0.39 is 17.4 Å². The van der Waals surface area contributed by atoms with Crippen molar-refractivity contribution in [2.75, 3.05) is 0 Å². The van der Waals surface area contributed by atoms with Gasteiger partial charge in [-0.05, 0) is 57.9 Å². The fourth-order valence-electron chi connectivity index (χ4n) is 3.10. The third kappa shape index (κ3) is 8.00. The summed E-state index contributed by atoms with van der Waals surface area (Å²) in [5, 5.41) is 0. The maximum absolute atomic E-state index is 12.8. The molecule has 0 aliphatic rings. The van der Waals surface area contributed by atoms with Crippen LogP contribution in [-0.4, -0.2) is 17.5 Å². The van der Waals surface area contributed by atoms with Gasteiger partial charge in [-0.1, -0.05) is 44.2 Å². The molecule has 1 rings (SSSR count). The minimum Gasteiger partial charge on any atom is -0.460 e. The third-order valence-electron chi connectivity index (χ3n) is 4.22. The normalized spacial score (nSPS) is 14.0. The first-order valence-electron chi connectivity index (χ1n) is 9.41. The van der Waals surface area contributed by atoms with Crippen molar-refractivity contribution < 1.29 is 14.3 Å². The molecule has 1 unspecified atom stereocenters. The summed E-state index contributed by atoms with van der Waals surface area (Å²) in [4.78, 5) is 25.1. The highest BCUT2D eigenvalue weighted by Crippen LogP contribution is 2.28. The molecule has 5 heteroatoms. The topological polar surface area (TPSA) is 81.4 Å². The van der Waals surface area contributed by atoms with Crippen LogP contribution in [0.2, 0.25) is 0 Å². The van der Waals surface area contributed by atoms with Gasteiger partial charge in [0.1, 0.15) is 5.60 Å². The summed E-state index contributed by atoms with van der Waals surface area (Å²) in [7, 11) is 0. The van der Waals surface area contributed by atoms with E-state index in [2.05, 4.69) is 17.6 Å². The lowest BCUT2D eigenvalue weighted by Crippen LogP contribution is -2.43. The second kappa shape index (κ2) is 10.3. The Balaban J connectivity index is 2.91. The van der Waals surface area contributed by atoms with Crippen LogP contribution in [0, 0.1) is 17.8 Å². The van der Waals surface area contributed by atoms with Gasteiger partial charge in [0.2, 0.25) is 5.91 Å². The molecule has 0 aliphatic carbocycles. The zero-order valence-electron chi connectivity index (χ0n) is 16.7. The lowest BCUT2D eigenvalue weighted by molar-refractivity contribution is -0.164. The Morgan fingerprint density at radius 2 is 1.73 bits per heavy atom. The molecule has 1 amide bonds. The Morgan fingerprint density at radius 1 is 1.12 bits per heavy atom. The number of nitrogens with one attached hydrogen (secondary N) is 1. The van der Waals surface area contributed by atoms with E-state index in [4.69, 9.17) is 10.6 Å². The number of carbonyl (C=O) groups is 2. The predicted molar refractivity (Wildman–Crippen MR) is 104 cm³/mol. The zero-order chi connectivity index (χ0) is 19.7. The van der Waals surface area contributed by atoms with Gasteiger partial charge in [-0.25, -0.2) is 5.84 Å². The summed E-state index contributed by atoms with van der Waals surface area (Å²) in [5.74, 6) is 4.06. The molecule has 0 aliphatic heterocycles. The first kappa shape index (κ1) is 22.2. The molecule has 2 atom stereocenters. The summed E-state index contributed by atoms with van der Waals surface area (Å²) in [6, 6.07) is 10.1. The van der Waals surface area contributed by atoms with E-state index in [9.17, 15) is 9.59 Å². The average Bonchev–Trinajstić information content (AvgIpc) is 2.55. The van der Waals surface area contributed by atoms with Crippen molar-refractivity contribution in [1.29, 1.82) is 0 Å². The first-order chi connectivity index (χ1) is 12.1. The Morgan fingerprint density at radius 3 is 2.23 bits per heavy atom. The standard InChI is InChI=1S/C21H34N2O3/c1-15(2)14-18(19(24)23-22)17(20(25)26-21(3,4)5)13-9-12-16-10-7-6-8-11-16/h6-8,10-11,15,17-18H,9,12-14,22H2,1-5H3,(H,23,24)/t17-,18?/m1/s1. The Hall–Kier alpha value is -1.88. The summed E-state index contributed by atoms with van der Waals surface area (Å²) < 4.78 is 5.60. The minimum atomic E-state index is -0.587. The molecular formula is C21H34N2O3. The van der Waals surface area contributed by atoms with Gasteiger partial charge in [0.05, 0.1) is 11.8 Å². The second-order valence-electron chi connectivity index (χ2n) is 8.26. The van der Waals surface area contributed by atoms with Crippen LogP contribution >= 0.6 is 0 Å². The lowest BCUT2D eigenvalue weighted by Gasteiger charge is -2.29. The molecule has 146 valence electrons. The number of aryl methyl sites for hydroxylation is 1. The molecule has 0 saturated carbocycles. The van der Waals surface area contributed by atoms with Crippen molar-refractivity contribution in [1.82, 2.24) is 5.43 Å². The number of hydrogen-bond donors (Lipinski definition) is 2. The first-order valence-corrected chi connectivity index (χ1v) is 9.41. The molecule has 1 aromatic carbocycles. The number of hydrazine groups is 1. The Kier molecular flexibility index (Phi) is 8.79. The van der Waals surface area contributed by atoms with Crippen LogP contribution in [0.4, 0.5) is 0 Å². The van der Waals surface area contributed by atoms with Crippen molar-refractivity contribution in [2.45, 2.75) is 65.9 Å². The molecule has 3 N–H and O–H groups in total. The lowest BCUT2D eigenvalue weighted by atomic mass is 9.81. The van der Waals surface area contributed by atoms with Crippen molar-refractivity contribution in [3.05, 3.63) is 35.9 Å². The maximum Gasteiger partial charge on any atom is 0.310 e. The molecule has 26 heavy (non-hydrogen) atoms. The quantitative estimate of drug-likeness (QED) is 0.304. The Labute approximate surface area is 157 Å². The van der Waals surface area contributed by atoms with Crippen molar-refractivity contribution >= 4 is 11.9 Å². The van der Waals surface area contributed by atoms with Gasteiger partial charge < -0.3 is 4.74 Å². The number of carbonyl (C=O) groups excluding carboxylic acids is 2. The number of ether oxygens (including phenoxy) is 1. The maximum atomic E-state index is 12.8. The van der Waals surface area contributed by atoms with Gasteiger partial charge in [-0.3, -0.25) is 15.0 Å². The molecular weight excluding hydrogens is 328 g/mol. The number of nitrogens with two attached hydrogens (primary N) is 1. The van der Waals surface area contributed by atoms with Crippen molar-refractivity contribution in [2.24, 2.45) is 23.6 Å². The van der Waals surface area contributed by atoms with E-state index in [1.165, 1.54) is 5.56 Å². The van der Waals surface area contributed by atoms with Crippen LogP contribution in [0.5, 0.6) is 0 Å². The molecule has 5 nitrogen and oxygen atoms in total. The van der Waals surface area contributed by atoms with Crippen LogP contribution in [0.3, 0.4) is 0 Å². The molecule has 0 bridgehead atoms. The van der Waals surface area contributed by atoms with E-state index >= 15 is 0 Å². The molecule has 0 aromatic heterocycles. The Bertz CT molecular complexity index is 564. The largest absolute Gasteiger partial charge is 0.460 e. The number of amides is 1. The average molecular weight is 363 g/mol. The molecule has 0 saturated heterocycles. The number of benzene rings is 1. The van der Waals surface area contributed by atoms with Gasteiger partial charge in [-0.15, -0.1) is 0 Å². The summed E-state index contributed by atoms with van der Waals surface area (Å²) in [5.41, 5.74) is 2.86. The summed E-state index contributed by atoms with van der Waals surface area (Å²) in [6.07, 6.45) is 2.85. The molecule has 0 fully saturated rings. The fourth-order valence-corrected chi connectivity index (χ4v) is 3.10. The van der Waals surface area contributed by atoms with Crippen LogP contribution in [0.15, 0.2) is 30.3 Å². The molecule has 0 spiro atoms. The fraction of sp³-hybridized carbons (Fsp3) is 0.619. The SMILES string of the molecule is CC(C)CC(C(=O)NN)[C@@H](CCCc1ccccc1)C(=O)OC(C)(C)C. The predicted octanol–water partition coefficient (Wildman–Crippen LogP) is 3.62. The van der Waals surface area contributed by atoms with Crippen molar-refractivity contribution in [3.63, 3.8) is 0 Å².